The van der Waals surface area contributed by atoms with Crippen LogP contribution < -0.4 is 5.32 Å². The zero-order valence-electron chi connectivity index (χ0n) is 47.1. The highest BCUT2D eigenvalue weighted by Crippen LogP contribution is 2.19. The van der Waals surface area contributed by atoms with Crippen LogP contribution in [0.25, 0.3) is 0 Å². The fourth-order valence-corrected chi connectivity index (χ4v) is 10.3. The fourth-order valence-electron chi connectivity index (χ4n) is 10.3. The number of aliphatic hydroxyl groups is 2. The van der Waals surface area contributed by atoms with Gasteiger partial charge in [-0.1, -0.05) is 328 Å². The van der Waals surface area contributed by atoms with Gasteiger partial charge in [-0.2, -0.15) is 0 Å². The number of hydrogen-bond donors (Lipinski definition) is 3. The van der Waals surface area contributed by atoms with Crippen LogP contribution in [0.2, 0.25) is 0 Å². The van der Waals surface area contributed by atoms with Gasteiger partial charge in [0.2, 0.25) is 5.91 Å². The van der Waals surface area contributed by atoms with Crippen molar-refractivity contribution in [1.29, 1.82) is 0 Å². The summed E-state index contributed by atoms with van der Waals surface area (Å²) in [4.78, 5) is 24.5. The molecule has 0 aromatic heterocycles. The first kappa shape index (κ1) is 67.9. The Kier molecular flexibility index (Phi) is 58.4. The number of nitrogens with one attached hydrogen (secondary N) is 1. The predicted molar refractivity (Wildman–Crippen MR) is 301 cm³/mol. The number of amides is 1. The van der Waals surface area contributed by atoms with Crippen molar-refractivity contribution in [2.24, 2.45) is 0 Å². The number of aliphatic hydroxyl groups excluding tert-OH is 2. The van der Waals surface area contributed by atoms with Crippen molar-refractivity contribution < 1.29 is 24.5 Å². The summed E-state index contributed by atoms with van der Waals surface area (Å²) in [6.45, 7) is 4.98. The van der Waals surface area contributed by atoms with E-state index in [0.717, 1.165) is 38.5 Å². The van der Waals surface area contributed by atoms with E-state index in [1.165, 1.54) is 295 Å². The molecule has 0 bridgehead atoms. The largest absolute Gasteiger partial charge is 0.466 e. The molecule has 0 radical (unpaired) electrons. The number of carbonyl (C=O) groups excluding carboxylic acids is 2. The lowest BCUT2D eigenvalue weighted by Crippen LogP contribution is -2.45. The molecular weight excluding hydrogens is 851 g/mol. The van der Waals surface area contributed by atoms with Crippen LogP contribution in [0.15, 0.2) is 0 Å². The molecule has 0 fully saturated rings. The molecule has 6 heteroatoms. The molecule has 0 aliphatic rings. The summed E-state index contributed by atoms with van der Waals surface area (Å²) in [5.41, 5.74) is 0. The number of hydrogen-bond acceptors (Lipinski definition) is 5. The summed E-state index contributed by atoms with van der Waals surface area (Å²) in [6, 6.07) is -0.538. The standard InChI is InChI=1S/C63H125NO5/c1-3-5-7-9-11-13-15-17-18-30-33-37-41-45-49-53-57-63(68)69-58-54-50-46-42-38-34-31-28-26-24-22-20-19-21-23-25-27-29-32-36-40-44-48-52-56-62(67)64-60(59-65)61(66)55-51-47-43-39-35-16-14-12-10-8-6-4-2/h60-61,65-66H,3-59H2,1-2H3,(H,64,67). The fraction of sp³-hybridized carbons (Fsp3) is 0.968. The van der Waals surface area contributed by atoms with Gasteiger partial charge in [0.15, 0.2) is 0 Å². The lowest BCUT2D eigenvalue weighted by atomic mass is 10.0. The van der Waals surface area contributed by atoms with E-state index < -0.39 is 12.1 Å². The van der Waals surface area contributed by atoms with Crippen LogP contribution >= 0.6 is 0 Å². The monoisotopic (exact) mass is 976 g/mol. The summed E-state index contributed by atoms with van der Waals surface area (Å²) in [5, 5.41) is 23.2. The van der Waals surface area contributed by atoms with E-state index in [-0.39, 0.29) is 18.5 Å². The lowest BCUT2D eigenvalue weighted by molar-refractivity contribution is -0.143. The van der Waals surface area contributed by atoms with Crippen molar-refractivity contribution in [2.75, 3.05) is 13.2 Å². The van der Waals surface area contributed by atoms with Gasteiger partial charge in [0.05, 0.1) is 25.4 Å². The van der Waals surface area contributed by atoms with Crippen LogP contribution in [-0.2, 0) is 14.3 Å². The second-order valence-electron chi connectivity index (χ2n) is 22.1. The number of rotatable bonds is 60. The number of ether oxygens (including phenoxy) is 1. The van der Waals surface area contributed by atoms with Crippen molar-refractivity contribution in [3.8, 4) is 0 Å². The highest BCUT2D eigenvalue weighted by Gasteiger charge is 2.20. The smallest absolute Gasteiger partial charge is 0.305 e. The van der Waals surface area contributed by atoms with Gasteiger partial charge in [-0.15, -0.1) is 0 Å². The third-order valence-electron chi connectivity index (χ3n) is 15.2. The Morgan fingerprint density at radius 3 is 0.884 bits per heavy atom. The second-order valence-corrected chi connectivity index (χ2v) is 22.1. The summed E-state index contributed by atoms with van der Waals surface area (Å²) < 4.78 is 5.50. The Balaban J connectivity index is 3.32. The molecule has 0 spiro atoms. The lowest BCUT2D eigenvalue weighted by Gasteiger charge is -2.22. The number of unbranched alkanes of at least 4 members (excludes halogenated alkanes) is 49. The van der Waals surface area contributed by atoms with E-state index in [2.05, 4.69) is 19.2 Å². The second kappa shape index (κ2) is 59.4. The van der Waals surface area contributed by atoms with E-state index >= 15 is 0 Å². The van der Waals surface area contributed by atoms with Crippen LogP contribution in [0.1, 0.15) is 367 Å². The minimum atomic E-state index is -0.661. The zero-order chi connectivity index (χ0) is 50.0. The van der Waals surface area contributed by atoms with Crippen LogP contribution in [0.3, 0.4) is 0 Å². The molecular formula is C63H125NO5. The van der Waals surface area contributed by atoms with Gasteiger partial charge in [0, 0.05) is 12.8 Å². The predicted octanol–water partition coefficient (Wildman–Crippen LogP) is 19.9. The maximum atomic E-state index is 12.5. The quantitative estimate of drug-likeness (QED) is 0.0417. The van der Waals surface area contributed by atoms with Crippen molar-refractivity contribution in [1.82, 2.24) is 5.32 Å². The van der Waals surface area contributed by atoms with E-state index in [0.29, 0.717) is 25.9 Å². The molecule has 0 aliphatic heterocycles. The molecule has 1 amide bonds. The first-order valence-electron chi connectivity index (χ1n) is 31.8. The van der Waals surface area contributed by atoms with Crippen molar-refractivity contribution in [3.05, 3.63) is 0 Å². The summed E-state index contributed by atoms with van der Waals surface area (Å²) in [7, 11) is 0. The number of esters is 1. The van der Waals surface area contributed by atoms with Crippen LogP contribution in [-0.4, -0.2) is 47.4 Å². The Morgan fingerprint density at radius 2 is 0.594 bits per heavy atom. The molecule has 3 N–H and O–H groups in total. The first-order chi connectivity index (χ1) is 34.0. The van der Waals surface area contributed by atoms with Crippen molar-refractivity contribution >= 4 is 11.9 Å². The zero-order valence-corrected chi connectivity index (χ0v) is 47.1. The molecule has 2 atom stereocenters. The number of carbonyl (C=O) groups is 2. The Labute approximate surface area is 432 Å². The average molecular weight is 977 g/mol. The van der Waals surface area contributed by atoms with Gasteiger partial charge in [0.25, 0.3) is 0 Å². The molecule has 0 heterocycles. The molecule has 0 aliphatic carbocycles. The molecule has 412 valence electrons. The molecule has 69 heavy (non-hydrogen) atoms. The van der Waals surface area contributed by atoms with Crippen LogP contribution in [0, 0.1) is 0 Å². The third-order valence-corrected chi connectivity index (χ3v) is 15.2. The minimum Gasteiger partial charge on any atom is -0.466 e. The molecule has 0 saturated heterocycles. The van der Waals surface area contributed by atoms with Gasteiger partial charge in [0.1, 0.15) is 0 Å². The molecule has 0 saturated carbocycles. The van der Waals surface area contributed by atoms with Crippen LogP contribution in [0.4, 0.5) is 0 Å². The average Bonchev–Trinajstić information content (AvgIpc) is 3.35. The molecule has 0 aromatic rings. The molecule has 0 aromatic carbocycles. The van der Waals surface area contributed by atoms with Gasteiger partial charge in [-0.3, -0.25) is 9.59 Å². The molecule has 0 rings (SSSR count). The van der Waals surface area contributed by atoms with Gasteiger partial charge < -0.3 is 20.3 Å². The van der Waals surface area contributed by atoms with Crippen molar-refractivity contribution in [3.63, 3.8) is 0 Å². The highest BCUT2D eigenvalue weighted by atomic mass is 16.5. The Hall–Kier alpha value is -1.14. The summed E-state index contributed by atoms with van der Waals surface area (Å²) in [6.07, 6.45) is 69.8. The maximum Gasteiger partial charge on any atom is 0.305 e. The van der Waals surface area contributed by atoms with Gasteiger partial charge >= 0.3 is 5.97 Å². The van der Waals surface area contributed by atoms with Crippen LogP contribution in [0.5, 0.6) is 0 Å². The van der Waals surface area contributed by atoms with Crippen molar-refractivity contribution in [2.45, 2.75) is 379 Å². The van der Waals surface area contributed by atoms with E-state index in [4.69, 9.17) is 4.74 Å². The maximum absolute atomic E-state index is 12.5. The Morgan fingerprint density at radius 1 is 0.348 bits per heavy atom. The van der Waals surface area contributed by atoms with Gasteiger partial charge in [-0.25, -0.2) is 0 Å². The molecule has 2 unspecified atom stereocenters. The van der Waals surface area contributed by atoms with Gasteiger partial charge in [-0.05, 0) is 25.7 Å². The SMILES string of the molecule is CCCCCCCCCCCCCCCCCCC(=O)OCCCCCCCCCCCCCCCCCCCCCCCCCCC(=O)NC(CO)C(O)CCCCCCCCCCCCCC. The minimum absolute atomic E-state index is 0.0199. The van der Waals surface area contributed by atoms with E-state index in [1.54, 1.807) is 0 Å². The Bertz CT molecular complexity index is 990. The summed E-state index contributed by atoms with van der Waals surface area (Å²) >= 11 is 0. The van der Waals surface area contributed by atoms with E-state index in [1.807, 2.05) is 0 Å². The summed E-state index contributed by atoms with van der Waals surface area (Å²) in [5.74, 6) is -0.0121. The topological polar surface area (TPSA) is 95.9 Å². The first-order valence-corrected chi connectivity index (χ1v) is 31.8. The van der Waals surface area contributed by atoms with E-state index in [9.17, 15) is 19.8 Å². The normalized spacial score (nSPS) is 12.5. The molecule has 6 nitrogen and oxygen atoms in total. The third kappa shape index (κ3) is 56.0. The highest BCUT2D eigenvalue weighted by molar-refractivity contribution is 5.76.